The zero-order valence-electron chi connectivity index (χ0n) is 14.7. The van der Waals surface area contributed by atoms with E-state index in [1.54, 1.807) is 0 Å². The third-order valence-electron chi connectivity index (χ3n) is 4.73. The Hall–Kier alpha value is -2.14. The van der Waals surface area contributed by atoms with Crippen LogP contribution in [0.2, 0.25) is 0 Å². The van der Waals surface area contributed by atoms with Gasteiger partial charge in [-0.15, -0.1) is 0 Å². The predicted molar refractivity (Wildman–Crippen MR) is 95.2 cm³/mol. The van der Waals surface area contributed by atoms with Crippen LogP contribution < -0.4 is 10.6 Å². The highest BCUT2D eigenvalue weighted by Gasteiger charge is 2.22. The van der Waals surface area contributed by atoms with Crippen molar-refractivity contribution in [1.29, 1.82) is 0 Å². The monoisotopic (exact) mass is 326 g/mol. The second-order valence-corrected chi connectivity index (χ2v) is 6.75. The van der Waals surface area contributed by atoms with Crippen LogP contribution >= 0.6 is 0 Å². The minimum Gasteiger partial charge on any atom is -0.348 e. The number of hydrogen-bond acceptors (Lipinski definition) is 3. The number of hydrogen-bond donors (Lipinski definition) is 2. The fraction of sp³-hybridized carbons (Fsp3) is 0.474. The highest BCUT2D eigenvalue weighted by Crippen LogP contribution is 2.12. The molecular weight excluding hydrogens is 300 g/mol. The largest absolute Gasteiger partial charge is 0.348 e. The third-order valence-corrected chi connectivity index (χ3v) is 4.73. The fourth-order valence-electron chi connectivity index (χ4n) is 3.26. The first kappa shape index (κ1) is 16.7. The Morgan fingerprint density at radius 2 is 2.08 bits per heavy atom. The van der Waals surface area contributed by atoms with Crippen LogP contribution in [0, 0.1) is 13.8 Å². The van der Waals surface area contributed by atoms with Gasteiger partial charge < -0.3 is 10.6 Å². The Balaban J connectivity index is 1.63. The summed E-state index contributed by atoms with van der Waals surface area (Å²) >= 11 is 0. The van der Waals surface area contributed by atoms with Gasteiger partial charge >= 0.3 is 0 Å². The van der Waals surface area contributed by atoms with Crippen LogP contribution in [0.15, 0.2) is 30.3 Å². The Labute approximate surface area is 143 Å². The maximum absolute atomic E-state index is 12.4. The summed E-state index contributed by atoms with van der Waals surface area (Å²) in [5, 5.41) is 11.0. The maximum atomic E-state index is 12.4. The lowest BCUT2D eigenvalue weighted by molar-refractivity contribution is 0.0920. The molecular formula is C19H26N4O. The minimum absolute atomic E-state index is 0.00761. The summed E-state index contributed by atoms with van der Waals surface area (Å²) in [5.41, 5.74) is 4.03. The predicted octanol–water partition coefficient (Wildman–Crippen LogP) is 2.42. The molecule has 1 aliphatic rings. The molecule has 24 heavy (non-hydrogen) atoms. The molecule has 0 aliphatic carbocycles. The summed E-state index contributed by atoms with van der Waals surface area (Å²) < 4.78 is 1.99. The van der Waals surface area contributed by atoms with Crippen LogP contribution in [0.5, 0.6) is 0 Å². The van der Waals surface area contributed by atoms with Gasteiger partial charge in [-0.2, -0.15) is 5.10 Å². The van der Waals surface area contributed by atoms with E-state index in [2.05, 4.69) is 35.6 Å². The van der Waals surface area contributed by atoms with E-state index in [0.29, 0.717) is 11.6 Å². The number of amides is 1. The van der Waals surface area contributed by atoms with Gasteiger partial charge in [-0.05, 0) is 63.9 Å². The summed E-state index contributed by atoms with van der Waals surface area (Å²) in [7, 11) is 0. The zero-order valence-corrected chi connectivity index (χ0v) is 14.7. The van der Waals surface area contributed by atoms with Crippen LogP contribution in [0.3, 0.4) is 0 Å². The summed E-state index contributed by atoms with van der Waals surface area (Å²) in [5.74, 6) is 0.00761. The van der Waals surface area contributed by atoms with Crippen molar-refractivity contribution in [3.63, 3.8) is 0 Å². The van der Waals surface area contributed by atoms with Crippen molar-refractivity contribution in [2.75, 3.05) is 6.54 Å². The lowest BCUT2D eigenvalue weighted by atomic mass is 9.99. The molecule has 1 amide bonds. The van der Waals surface area contributed by atoms with Gasteiger partial charge in [0.25, 0.3) is 5.91 Å². The number of carbonyl (C=O) groups excluding carboxylic acids is 1. The van der Waals surface area contributed by atoms with E-state index < -0.39 is 0 Å². The lowest BCUT2D eigenvalue weighted by Crippen LogP contribution is -2.51. The molecule has 0 bridgehead atoms. The lowest BCUT2D eigenvalue weighted by Gasteiger charge is -2.30. The standard InChI is InChI=1S/C19H26N4O/c1-13-11-14(2)23(22-13)12-16-6-8-17(9-7-16)19(24)21-18-5-4-10-20-15(18)3/h6-9,11,15,18,20H,4-5,10,12H2,1-3H3,(H,21,24). The van der Waals surface area contributed by atoms with Crippen molar-refractivity contribution in [3.05, 3.63) is 52.8 Å². The fourth-order valence-corrected chi connectivity index (χ4v) is 3.26. The highest BCUT2D eigenvalue weighted by atomic mass is 16.1. The number of aromatic nitrogens is 2. The Morgan fingerprint density at radius 1 is 1.33 bits per heavy atom. The van der Waals surface area contributed by atoms with Crippen molar-refractivity contribution in [2.24, 2.45) is 0 Å². The van der Waals surface area contributed by atoms with E-state index >= 15 is 0 Å². The topological polar surface area (TPSA) is 59.0 Å². The van der Waals surface area contributed by atoms with Gasteiger partial charge in [0.05, 0.1) is 12.2 Å². The number of aryl methyl sites for hydroxylation is 2. The summed E-state index contributed by atoms with van der Waals surface area (Å²) in [6, 6.07) is 10.4. The summed E-state index contributed by atoms with van der Waals surface area (Å²) in [6.07, 6.45) is 2.15. The first-order valence-corrected chi connectivity index (χ1v) is 8.67. The summed E-state index contributed by atoms with van der Waals surface area (Å²) in [4.78, 5) is 12.4. The second-order valence-electron chi connectivity index (χ2n) is 6.75. The molecule has 1 aliphatic heterocycles. The zero-order chi connectivity index (χ0) is 17.1. The highest BCUT2D eigenvalue weighted by molar-refractivity contribution is 5.94. The van der Waals surface area contributed by atoms with Gasteiger partial charge in [0.15, 0.2) is 0 Å². The SMILES string of the molecule is Cc1cc(C)n(Cc2ccc(C(=O)NC3CCCNC3C)cc2)n1. The molecule has 3 rings (SSSR count). The molecule has 2 heterocycles. The van der Waals surface area contributed by atoms with Crippen molar-refractivity contribution in [2.45, 2.75) is 52.2 Å². The Bertz CT molecular complexity index is 705. The van der Waals surface area contributed by atoms with Crippen LogP contribution in [0.25, 0.3) is 0 Å². The molecule has 1 aromatic heterocycles. The molecule has 128 valence electrons. The smallest absolute Gasteiger partial charge is 0.251 e. The van der Waals surface area contributed by atoms with E-state index in [-0.39, 0.29) is 11.9 Å². The van der Waals surface area contributed by atoms with Gasteiger partial charge in [-0.3, -0.25) is 9.48 Å². The van der Waals surface area contributed by atoms with Crippen molar-refractivity contribution in [1.82, 2.24) is 20.4 Å². The first-order valence-electron chi connectivity index (χ1n) is 8.67. The van der Waals surface area contributed by atoms with Crippen molar-refractivity contribution in [3.8, 4) is 0 Å². The average Bonchev–Trinajstić information content (AvgIpc) is 2.88. The van der Waals surface area contributed by atoms with Gasteiger partial charge in [0, 0.05) is 23.3 Å². The Morgan fingerprint density at radius 3 is 2.71 bits per heavy atom. The molecule has 1 aromatic carbocycles. The van der Waals surface area contributed by atoms with Crippen LogP contribution in [0.1, 0.15) is 47.1 Å². The minimum atomic E-state index is 0.00761. The van der Waals surface area contributed by atoms with E-state index in [1.165, 1.54) is 0 Å². The number of nitrogens with zero attached hydrogens (tertiary/aromatic N) is 2. The molecule has 2 N–H and O–H groups in total. The number of nitrogens with one attached hydrogen (secondary N) is 2. The number of carbonyl (C=O) groups is 1. The van der Waals surface area contributed by atoms with Gasteiger partial charge in [-0.25, -0.2) is 0 Å². The molecule has 2 aromatic rings. The Kier molecular flexibility index (Phi) is 5.00. The molecule has 5 nitrogen and oxygen atoms in total. The average molecular weight is 326 g/mol. The van der Waals surface area contributed by atoms with E-state index in [0.717, 1.165) is 42.9 Å². The number of piperidine rings is 1. The second kappa shape index (κ2) is 7.18. The number of benzene rings is 1. The summed E-state index contributed by atoms with van der Waals surface area (Å²) in [6.45, 7) is 7.94. The van der Waals surface area contributed by atoms with E-state index in [1.807, 2.05) is 35.9 Å². The third kappa shape index (κ3) is 3.85. The maximum Gasteiger partial charge on any atom is 0.251 e. The molecule has 0 radical (unpaired) electrons. The van der Waals surface area contributed by atoms with Gasteiger partial charge in [0.2, 0.25) is 0 Å². The molecule has 5 heteroatoms. The van der Waals surface area contributed by atoms with Crippen LogP contribution in [-0.2, 0) is 6.54 Å². The molecule has 2 atom stereocenters. The van der Waals surface area contributed by atoms with Crippen LogP contribution in [-0.4, -0.2) is 34.3 Å². The van der Waals surface area contributed by atoms with Crippen LogP contribution in [0.4, 0.5) is 0 Å². The van der Waals surface area contributed by atoms with Gasteiger partial charge in [0.1, 0.15) is 0 Å². The van der Waals surface area contributed by atoms with Gasteiger partial charge in [-0.1, -0.05) is 12.1 Å². The van der Waals surface area contributed by atoms with E-state index in [9.17, 15) is 4.79 Å². The quantitative estimate of drug-likeness (QED) is 0.907. The molecule has 1 fully saturated rings. The molecule has 0 spiro atoms. The number of rotatable bonds is 4. The van der Waals surface area contributed by atoms with Crippen molar-refractivity contribution >= 4 is 5.91 Å². The molecule has 2 unspecified atom stereocenters. The molecule has 1 saturated heterocycles. The normalized spacial score (nSPS) is 20.8. The van der Waals surface area contributed by atoms with Crippen molar-refractivity contribution < 1.29 is 4.79 Å². The van der Waals surface area contributed by atoms with E-state index in [4.69, 9.17) is 0 Å². The first-order chi connectivity index (χ1) is 11.5. The molecule has 0 saturated carbocycles.